The maximum Gasteiger partial charge on any atom is -0.000765 e. The number of aryl methyl sites for hydroxylation is 2. The van der Waals surface area contributed by atoms with E-state index in [9.17, 15) is 0 Å². The predicted molar refractivity (Wildman–Crippen MR) is 70.9 cm³/mol. The normalized spacial score (nSPS) is 13.1. The smallest absolute Gasteiger partial charge is 0.000765 e. The third kappa shape index (κ3) is 3.62. The summed E-state index contributed by atoms with van der Waals surface area (Å²) in [6, 6.07) is 6.66. The Labute approximate surface area is 99.5 Å². The quantitative estimate of drug-likeness (QED) is 0.825. The molecule has 1 rings (SSSR count). The van der Waals surface area contributed by atoms with Gasteiger partial charge in [0.25, 0.3) is 0 Å². The summed E-state index contributed by atoms with van der Waals surface area (Å²) in [6.07, 6.45) is 1.13. The Morgan fingerprint density at radius 1 is 1.25 bits per heavy atom. The Morgan fingerprint density at radius 2 is 1.94 bits per heavy atom. The minimum atomic E-state index is 0.489. The van der Waals surface area contributed by atoms with Gasteiger partial charge in [0.1, 0.15) is 0 Å². The molecule has 1 aromatic rings. The molecule has 1 unspecified atom stereocenters. The summed E-state index contributed by atoms with van der Waals surface area (Å²) in [5.74, 6) is 0.489. The molecule has 0 aromatic heterocycles. The monoisotopic (exact) mass is 220 g/mol. The molecule has 1 atom stereocenters. The van der Waals surface area contributed by atoms with E-state index in [0.717, 1.165) is 19.5 Å². The van der Waals surface area contributed by atoms with Crippen molar-refractivity contribution in [3.63, 3.8) is 0 Å². The Hall–Kier alpha value is -0.860. The average Bonchev–Trinajstić information content (AvgIpc) is 2.21. The second-order valence-electron chi connectivity index (χ2n) is 4.88. The molecule has 0 aliphatic rings. The van der Waals surface area contributed by atoms with Crippen LogP contribution in [-0.4, -0.2) is 32.1 Å². The molecule has 16 heavy (non-hydrogen) atoms. The second-order valence-corrected chi connectivity index (χ2v) is 4.88. The van der Waals surface area contributed by atoms with Crippen molar-refractivity contribution in [2.24, 2.45) is 5.73 Å². The van der Waals surface area contributed by atoms with Crippen LogP contribution in [0.2, 0.25) is 0 Å². The average molecular weight is 220 g/mol. The highest BCUT2D eigenvalue weighted by Crippen LogP contribution is 2.23. The van der Waals surface area contributed by atoms with Gasteiger partial charge in [-0.1, -0.05) is 23.8 Å². The molecule has 90 valence electrons. The lowest BCUT2D eigenvalue weighted by Gasteiger charge is -2.20. The van der Waals surface area contributed by atoms with Crippen molar-refractivity contribution in [2.75, 3.05) is 27.2 Å². The van der Waals surface area contributed by atoms with E-state index in [4.69, 9.17) is 5.73 Å². The summed E-state index contributed by atoms with van der Waals surface area (Å²) in [5, 5.41) is 0. The van der Waals surface area contributed by atoms with Crippen molar-refractivity contribution in [3.05, 3.63) is 34.9 Å². The Morgan fingerprint density at radius 3 is 2.44 bits per heavy atom. The van der Waals surface area contributed by atoms with Crippen LogP contribution in [0.3, 0.4) is 0 Å². The van der Waals surface area contributed by atoms with Gasteiger partial charge in [-0.15, -0.1) is 0 Å². The molecule has 0 saturated heterocycles. The molecule has 0 saturated carbocycles. The van der Waals surface area contributed by atoms with Crippen LogP contribution in [0, 0.1) is 13.8 Å². The van der Waals surface area contributed by atoms with Crippen LogP contribution >= 0.6 is 0 Å². The van der Waals surface area contributed by atoms with Crippen LogP contribution in [0.25, 0.3) is 0 Å². The number of nitrogens with zero attached hydrogens (tertiary/aromatic N) is 1. The number of rotatable bonds is 5. The van der Waals surface area contributed by atoms with Crippen LogP contribution in [-0.2, 0) is 0 Å². The zero-order chi connectivity index (χ0) is 12.1. The molecular formula is C14H24N2. The van der Waals surface area contributed by atoms with Crippen molar-refractivity contribution in [2.45, 2.75) is 26.2 Å². The van der Waals surface area contributed by atoms with Crippen molar-refractivity contribution >= 4 is 0 Å². The largest absolute Gasteiger partial charge is 0.330 e. The first-order valence-electron chi connectivity index (χ1n) is 5.96. The number of hydrogen-bond donors (Lipinski definition) is 1. The van der Waals surface area contributed by atoms with Crippen LogP contribution in [0.15, 0.2) is 18.2 Å². The van der Waals surface area contributed by atoms with Crippen LogP contribution < -0.4 is 5.73 Å². The first-order chi connectivity index (χ1) is 7.54. The Kier molecular flexibility index (Phi) is 4.97. The number of nitrogens with two attached hydrogens (primary N) is 1. The van der Waals surface area contributed by atoms with Gasteiger partial charge in [-0.05, 0) is 64.5 Å². The van der Waals surface area contributed by atoms with Gasteiger partial charge in [-0.3, -0.25) is 0 Å². The van der Waals surface area contributed by atoms with Crippen molar-refractivity contribution in [1.82, 2.24) is 4.90 Å². The summed E-state index contributed by atoms with van der Waals surface area (Å²) in [6.45, 7) is 6.14. The fourth-order valence-electron chi connectivity index (χ4n) is 2.10. The third-order valence-corrected chi connectivity index (χ3v) is 3.07. The van der Waals surface area contributed by atoms with E-state index in [0.29, 0.717) is 5.92 Å². The van der Waals surface area contributed by atoms with Crippen molar-refractivity contribution in [3.8, 4) is 0 Å². The molecule has 0 spiro atoms. The standard InChI is InChI=1S/C14H24N2/c1-11-5-6-14(12(2)9-11)13(10-15)7-8-16(3)4/h5-6,9,13H,7-8,10,15H2,1-4H3. The number of hydrogen-bond acceptors (Lipinski definition) is 2. The van der Waals surface area contributed by atoms with Gasteiger partial charge in [-0.2, -0.15) is 0 Å². The molecule has 0 aliphatic heterocycles. The lowest BCUT2D eigenvalue weighted by molar-refractivity contribution is 0.381. The summed E-state index contributed by atoms with van der Waals surface area (Å²) >= 11 is 0. The Bertz CT molecular complexity index is 332. The van der Waals surface area contributed by atoms with Crippen LogP contribution in [0.5, 0.6) is 0 Å². The Balaban J connectivity index is 2.78. The maximum atomic E-state index is 5.88. The third-order valence-electron chi connectivity index (χ3n) is 3.07. The minimum absolute atomic E-state index is 0.489. The molecule has 0 radical (unpaired) electrons. The molecule has 0 bridgehead atoms. The molecule has 2 heteroatoms. The van der Waals surface area contributed by atoms with Crippen LogP contribution in [0.4, 0.5) is 0 Å². The first-order valence-corrected chi connectivity index (χ1v) is 5.96. The second kappa shape index (κ2) is 6.02. The lowest BCUT2D eigenvalue weighted by Crippen LogP contribution is -2.21. The lowest BCUT2D eigenvalue weighted by atomic mass is 9.91. The van der Waals surface area contributed by atoms with Crippen LogP contribution in [0.1, 0.15) is 29.0 Å². The molecular weight excluding hydrogens is 196 g/mol. The van der Waals surface area contributed by atoms with E-state index >= 15 is 0 Å². The van der Waals surface area contributed by atoms with Gasteiger partial charge in [0.2, 0.25) is 0 Å². The van der Waals surface area contributed by atoms with E-state index in [2.05, 4.69) is 51.0 Å². The topological polar surface area (TPSA) is 29.3 Å². The molecule has 1 aromatic carbocycles. The fourth-order valence-corrected chi connectivity index (χ4v) is 2.10. The van der Waals surface area contributed by atoms with E-state index < -0.39 is 0 Å². The maximum absolute atomic E-state index is 5.88. The molecule has 2 nitrogen and oxygen atoms in total. The summed E-state index contributed by atoms with van der Waals surface area (Å²) in [7, 11) is 4.21. The van der Waals surface area contributed by atoms with E-state index in [1.807, 2.05) is 0 Å². The molecule has 0 fully saturated rings. The highest BCUT2D eigenvalue weighted by molar-refractivity contribution is 5.33. The van der Waals surface area contributed by atoms with E-state index in [-0.39, 0.29) is 0 Å². The van der Waals surface area contributed by atoms with E-state index in [1.54, 1.807) is 0 Å². The van der Waals surface area contributed by atoms with Gasteiger partial charge in [0.05, 0.1) is 0 Å². The number of benzene rings is 1. The molecule has 0 heterocycles. The molecule has 0 amide bonds. The zero-order valence-corrected chi connectivity index (χ0v) is 11.0. The van der Waals surface area contributed by atoms with Crippen molar-refractivity contribution < 1.29 is 0 Å². The molecule has 2 N–H and O–H groups in total. The van der Waals surface area contributed by atoms with E-state index in [1.165, 1.54) is 16.7 Å². The highest BCUT2D eigenvalue weighted by Gasteiger charge is 2.12. The van der Waals surface area contributed by atoms with Gasteiger partial charge in [0, 0.05) is 0 Å². The summed E-state index contributed by atoms with van der Waals surface area (Å²) in [4.78, 5) is 2.21. The van der Waals surface area contributed by atoms with Crippen molar-refractivity contribution in [1.29, 1.82) is 0 Å². The summed E-state index contributed by atoms with van der Waals surface area (Å²) in [5.41, 5.74) is 9.98. The SMILES string of the molecule is Cc1ccc(C(CN)CCN(C)C)c(C)c1. The zero-order valence-electron chi connectivity index (χ0n) is 11.0. The van der Waals surface area contributed by atoms with Gasteiger partial charge >= 0.3 is 0 Å². The molecule has 0 aliphatic carbocycles. The first kappa shape index (κ1) is 13.2. The van der Waals surface area contributed by atoms with Gasteiger partial charge < -0.3 is 10.6 Å². The summed E-state index contributed by atoms with van der Waals surface area (Å²) < 4.78 is 0. The van der Waals surface area contributed by atoms with Gasteiger partial charge in [-0.25, -0.2) is 0 Å². The highest BCUT2D eigenvalue weighted by atomic mass is 15.0. The predicted octanol–water partition coefficient (Wildman–Crippen LogP) is 2.30. The minimum Gasteiger partial charge on any atom is -0.330 e. The fraction of sp³-hybridized carbons (Fsp3) is 0.571. The van der Waals surface area contributed by atoms with Gasteiger partial charge in [0.15, 0.2) is 0 Å².